The first-order valence-corrected chi connectivity index (χ1v) is 6.62. The molecule has 1 fully saturated rings. The second-order valence-electron chi connectivity index (χ2n) is 4.47. The Hall–Kier alpha value is -0.500. The van der Waals surface area contributed by atoms with Crippen molar-refractivity contribution in [2.24, 2.45) is 5.92 Å². The van der Waals surface area contributed by atoms with E-state index in [0.29, 0.717) is 16.8 Å². The van der Waals surface area contributed by atoms with Gasteiger partial charge in [-0.15, -0.1) is 0 Å². The van der Waals surface area contributed by atoms with Crippen LogP contribution in [0.5, 0.6) is 0 Å². The number of fused-ring (bicyclic) bond motifs is 3. The van der Waals surface area contributed by atoms with Gasteiger partial charge in [-0.05, 0) is 18.4 Å². The number of rotatable bonds is 1. The van der Waals surface area contributed by atoms with Crippen LogP contribution in [0.2, 0.25) is 0 Å². The normalized spacial score (nSPS) is 37.5. The van der Waals surface area contributed by atoms with Gasteiger partial charge in [0.15, 0.2) is 0 Å². The Morgan fingerprint density at radius 3 is 3.20 bits per heavy atom. The maximum atomic E-state index is 6.07. The molecule has 1 aliphatic heterocycles. The molecule has 0 aromatic heterocycles. The zero-order chi connectivity index (χ0) is 10.4. The second-order valence-corrected chi connectivity index (χ2v) is 5.65. The molecule has 0 aromatic carbocycles. The van der Waals surface area contributed by atoms with Crippen LogP contribution in [0.25, 0.3) is 0 Å². The number of ether oxygens (including phenoxy) is 1. The molecule has 1 saturated heterocycles. The van der Waals surface area contributed by atoms with E-state index in [-0.39, 0.29) is 0 Å². The summed E-state index contributed by atoms with van der Waals surface area (Å²) in [6.07, 6.45) is 10.6. The fourth-order valence-electron chi connectivity index (χ4n) is 2.79. The molecule has 0 radical (unpaired) electrons. The highest BCUT2D eigenvalue weighted by Gasteiger charge is 2.40. The maximum Gasteiger partial charge on any atom is 0.122 e. The summed E-state index contributed by atoms with van der Waals surface area (Å²) < 4.78 is 6.07. The van der Waals surface area contributed by atoms with E-state index in [1.54, 1.807) is 0 Å². The Morgan fingerprint density at radius 1 is 1.53 bits per heavy atom. The van der Waals surface area contributed by atoms with Crippen LogP contribution in [0, 0.1) is 5.92 Å². The minimum Gasteiger partial charge on any atom is -0.489 e. The minimum absolute atomic E-state index is 0.394. The quantitative estimate of drug-likeness (QED) is 0.519. The van der Waals surface area contributed by atoms with Crippen LogP contribution < -0.4 is 0 Å². The van der Waals surface area contributed by atoms with Crippen molar-refractivity contribution in [1.82, 2.24) is 0 Å². The van der Waals surface area contributed by atoms with Gasteiger partial charge in [-0.1, -0.05) is 41.1 Å². The molecule has 0 amide bonds. The molecule has 0 spiro atoms. The highest BCUT2D eigenvalue weighted by atomic mass is 79.9. The molecule has 3 rings (SSSR count). The van der Waals surface area contributed by atoms with Crippen LogP contribution >= 0.6 is 15.9 Å². The Morgan fingerprint density at radius 2 is 2.40 bits per heavy atom. The standard InChI is InChI=1S/C13H15BrO/c1-2-8-6-9(14)7-11-10-4-3-5-12(10)15-13(8)11/h3-4,7,9-10,12H,2,5-6H2,1H3/t9?,10-,12-/m0/s1. The Labute approximate surface area is 99.0 Å². The van der Waals surface area contributed by atoms with Gasteiger partial charge in [0.05, 0.1) is 0 Å². The van der Waals surface area contributed by atoms with Gasteiger partial charge in [-0.2, -0.15) is 0 Å². The first-order chi connectivity index (χ1) is 7.29. The molecule has 0 aromatic rings. The number of allylic oxidation sites excluding steroid dienone is 3. The number of halogens is 1. The predicted octanol–water partition coefficient (Wildman–Crippen LogP) is 3.72. The molecule has 0 bridgehead atoms. The maximum absolute atomic E-state index is 6.07. The van der Waals surface area contributed by atoms with Gasteiger partial charge in [0.25, 0.3) is 0 Å². The number of hydrogen-bond donors (Lipinski definition) is 0. The molecule has 2 aliphatic carbocycles. The third kappa shape index (κ3) is 1.42. The SMILES string of the molecule is CCC1=C2O[C@H]3CC=C[C@H]3C2=CC(Br)C1. The van der Waals surface area contributed by atoms with Gasteiger partial charge < -0.3 is 4.74 Å². The molecule has 3 atom stereocenters. The summed E-state index contributed by atoms with van der Waals surface area (Å²) in [5.74, 6) is 1.74. The van der Waals surface area contributed by atoms with Gasteiger partial charge in [0.2, 0.25) is 0 Å². The Bertz CT molecular complexity index is 378. The molecule has 1 heterocycles. The summed E-state index contributed by atoms with van der Waals surface area (Å²) in [7, 11) is 0. The van der Waals surface area contributed by atoms with Gasteiger partial charge in [-0.25, -0.2) is 0 Å². The first-order valence-electron chi connectivity index (χ1n) is 5.71. The lowest BCUT2D eigenvalue weighted by molar-refractivity contribution is 0.150. The van der Waals surface area contributed by atoms with Crippen LogP contribution in [0.3, 0.4) is 0 Å². The van der Waals surface area contributed by atoms with Crippen molar-refractivity contribution in [2.45, 2.75) is 37.1 Å². The molecular formula is C13H15BrO. The van der Waals surface area contributed by atoms with E-state index in [2.05, 4.69) is 41.1 Å². The van der Waals surface area contributed by atoms with Crippen molar-refractivity contribution < 1.29 is 4.74 Å². The van der Waals surface area contributed by atoms with E-state index >= 15 is 0 Å². The van der Waals surface area contributed by atoms with Crippen molar-refractivity contribution >= 4 is 15.9 Å². The zero-order valence-corrected chi connectivity index (χ0v) is 10.5. The highest BCUT2D eigenvalue weighted by Crippen LogP contribution is 2.46. The number of hydrogen-bond acceptors (Lipinski definition) is 1. The lowest BCUT2D eigenvalue weighted by Crippen LogP contribution is -2.10. The Kier molecular flexibility index (Phi) is 2.27. The lowest BCUT2D eigenvalue weighted by Gasteiger charge is -2.19. The van der Waals surface area contributed by atoms with Gasteiger partial charge in [-0.3, -0.25) is 0 Å². The van der Waals surface area contributed by atoms with Crippen molar-refractivity contribution in [3.05, 3.63) is 35.1 Å². The van der Waals surface area contributed by atoms with Gasteiger partial charge in [0, 0.05) is 22.7 Å². The van der Waals surface area contributed by atoms with E-state index in [9.17, 15) is 0 Å². The average Bonchev–Trinajstić information content (AvgIpc) is 2.77. The minimum atomic E-state index is 0.394. The summed E-state index contributed by atoms with van der Waals surface area (Å²) in [5.41, 5.74) is 2.91. The van der Waals surface area contributed by atoms with Crippen LogP contribution in [-0.4, -0.2) is 10.9 Å². The molecule has 2 heteroatoms. The first kappa shape index (κ1) is 9.71. The van der Waals surface area contributed by atoms with E-state index in [0.717, 1.165) is 19.3 Å². The van der Waals surface area contributed by atoms with E-state index < -0.39 is 0 Å². The van der Waals surface area contributed by atoms with E-state index in [1.165, 1.54) is 16.9 Å². The topological polar surface area (TPSA) is 9.23 Å². The van der Waals surface area contributed by atoms with Crippen LogP contribution in [0.15, 0.2) is 35.1 Å². The van der Waals surface area contributed by atoms with Crippen molar-refractivity contribution in [3.8, 4) is 0 Å². The Balaban J connectivity index is 2.04. The van der Waals surface area contributed by atoms with Crippen LogP contribution in [0.4, 0.5) is 0 Å². The summed E-state index contributed by atoms with van der Waals surface area (Å²) in [6.45, 7) is 2.22. The number of alkyl halides is 1. The molecular weight excluding hydrogens is 252 g/mol. The van der Waals surface area contributed by atoms with Crippen molar-refractivity contribution in [3.63, 3.8) is 0 Å². The lowest BCUT2D eigenvalue weighted by atomic mass is 9.89. The van der Waals surface area contributed by atoms with E-state index in [1.807, 2.05) is 0 Å². The van der Waals surface area contributed by atoms with Gasteiger partial charge in [0.1, 0.15) is 11.9 Å². The summed E-state index contributed by atoms with van der Waals surface area (Å²) in [5, 5.41) is 0. The van der Waals surface area contributed by atoms with Crippen LogP contribution in [0.1, 0.15) is 26.2 Å². The van der Waals surface area contributed by atoms with E-state index in [4.69, 9.17) is 4.74 Å². The predicted molar refractivity (Wildman–Crippen MR) is 64.9 cm³/mol. The molecule has 0 saturated carbocycles. The van der Waals surface area contributed by atoms with Crippen molar-refractivity contribution in [1.29, 1.82) is 0 Å². The summed E-state index contributed by atoms with van der Waals surface area (Å²) >= 11 is 3.71. The molecule has 15 heavy (non-hydrogen) atoms. The molecule has 3 aliphatic rings. The van der Waals surface area contributed by atoms with Crippen molar-refractivity contribution in [2.75, 3.05) is 0 Å². The van der Waals surface area contributed by atoms with Crippen LogP contribution in [-0.2, 0) is 4.74 Å². The second kappa shape index (κ2) is 3.51. The fourth-order valence-corrected chi connectivity index (χ4v) is 3.46. The average molecular weight is 267 g/mol. The third-order valence-electron chi connectivity index (χ3n) is 3.55. The molecule has 1 nitrogen and oxygen atoms in total. The summed E-state index contributed by atoms with van der Waals surface area (Å²) in [4.78, 5) is 0.502. The van der Waals surface area contributed by atoms with Gasteiger partial charge >= 0.3 is 0 Å². The molecule has 0 N–H and O–H groups in total. The monoisotopic (exact) mass is 266 g/mol. The molecule has 1 unspecified atom stereocenters. The fraction of sp³-hybridized carbons (Fsp3) is 0.538. The largest absolute Gasteiger partial charge is 0.489 e. The smallest absolute Gasteiger partial charge is 0.122 e. The molecule has 80 valence electrons. The third-order valence-corrected chi connectivity index (χ3v) is 4.14. The highest BCUT2D eigenvalue weighted by molar-refractivity contribution is 9.09. The summed E-state index contributed by atoms with van der Waals surface area (Å²) in [6, 6.07) is 0. The zero-order valence-electron chi connectivity index (χ0n) is 8.87.